The van der Waals surface area contributed by atoms with Crippen LogP contribution in [0.15, 0.2) is 66.7 Å². The zero-order valence-corrected chi connectivity index (χ0v) is 13.6. The lowest BCUT2D eigenvalue weighted by Gasteiger charge is -2.10. The Morgan fingerprint density at radius 2 is 1.14 bits per heavy atom. The summed E-state index contributed by atoms with van der Waals surface area (Å²) >= 11 is 0. The first-order valence-electron chi connectivity index (χ1n) is 7.84. The van der Waals surface area contributed by atoms with Crippen LogP contribution in [0.1, 0.15) is 27.8 Å². The summed E-state index contributed by atoms with van der Waals surface area (Å²) in [5.74, 6) is 0. The van der Waals surface area contributed by atoms with Crippen molar-refractivity contribution in [1.82, 2.24) is 0 Å². The third-order valence-electron chi connectivity index (χ3n) is 4.18. The highest BCUT2D eigenvalue weighted by Crippen LogP contribution is 2.25. The molecule has 3 aromatic rings. The molecule has 0 nitrogen and oxygen atoms in total. The molecule has 0 amide bonds. The topological polar surface area (TPSA) is 0 Å². The molecule has 0 aliphatic rings. The number of hydrogen-bond donors (Lipinski definition) is 0. The van der Waals surface area contributed by atoms with Crippen molar-refractivity contribution in [3.05, 3.63) is 94.5 Å². The molecule has 0 N–H and O–H groups in total. The van der Waals surface area contributed by atoms with Gasteiger partial charge in [0, 0.05) is 0 Å². The summed E-state index contributed by atoms with van der Waals surface area (Å²) < 4.78 is 0. The molecule has 0 aromatic heterocycles. The van der Waals surface area contributed by atoms with E-state index in [0.29, 0.717) is 0 Å². The zero-order chi connectivity index (χ0) is 15.5. The molecule has 22 heavy (non-hydrogen) atoms. The van der Waals surface area contributed by atoms with Crippen LogP contribution in [0.4, 0.5) is 0 Å². The monoisotopic (exact) mass is 286 g/mol. The van der Waals surface area contributed by atoms with E-state index in [-0.39, 0.29) is 0 Å². The Morgan fingerprint density at radius 1 is 0.591 bits per heavy atom. The summed E-state index contributed by atoms with van der Waals surface area (Å²) in [5, 5.41) is 0. The lowest BCUT2D eigenvalue weighted by molar-refractivity contribution is 1.18. The molecule has 0 spiro atoms. The fourth-order valence-corrected chi connectivity index (χ4v) is 2.83. The summed E-state index contributed by atoms with van der Waals surface area (Å²) in [6.45, 7) is 6.46. The summed E-state index contributed by atoms with van der Waals surface area (Å²) in [7, 11) is 0. The quantitative estimate of drug-likeness (QED) is 0.565. The van der Waals surface area contributed by atoms with Gasteiger partial charge in [0.15, 0.2) is 0 Å². The van der Waals surface area contributed by atoms with Crippen LogP contribution in [-0.4, -0.2) is 0 Å². The Bertz CT molecular complexity index is 762. The molecule has 0 radical (unpaired) electrons. The van der Waals surface area contributed by atoms with Crippen LogP contribution < -0.4 is 0 Å². The largest absolute Gasteiger partial charge is 0.0590 e. The molecular weight excluding hydrogens is 264 g/mol. The van der Waals surface area contributed by atoms with Gasteiger partial charge in [0.1, 0.15) is 0 Å². The van der Waals surface area contributed by atoms with Gasteiger partial charge in [-0.15, -0.1) is 0 Å². The molecule has 3 rings (SSSR count). The summed E-state index contributed by atoms with van der Waals surface area (Å²) in [4.78, 5) is 0. The van der Waals surface area contributed by atoms with E-state index in [1.165, 1.54) is 38.9 Å². The summed E-state index contributed by atoms with van der Waals surface area (Å²) in [6, 6.07) is 24.4. The van der Waals surface area contributed by atoms with Crippen LogP contribution >= 0.6 is 0 Å². The highest BCUT2D eigenvalue weighted by molar-refractivity contribution is 5.67. The maximum atomic E-state index is 2.31. The number of hydrogen-bond acceptors (Lipinski definition) is 0. The minimum absolute atomic E-state index is 0.995. The fourth-order valence-electron chi connectivity index (χ4n) is 2.83. The van der Waals surface area contributed by atoms with Gasteiger partial charge in [0.2, 0.25) is 0 Å². The Labute approximate surface area is 133 Å². The molecule has 0 saturated carbocycles. The molecule has 0 bridgehead atoms. The average Bonchev–Trinajstić information content (AvgIpc) is 2.51. The van der Waals surface area contributed by atoms with E-state index in [0.717, 1.165) is 6.42 Å². The molecule has 3 aromatic carbocycles. The average molecular weight is 286 g/mol. The van der Waals surface area contributed by atoms with Crippen molar-refractivity contribution in [3.8, 4) is 11.1 Å². The highest BCUT2D eigenvalue weighted by atomic mass is 14.1. The fraction of sp³-hybridized carbons (Fsp3) is 0.182. The summed E-state index contributed by atoms with van der Waals surface area (Å²) in [5.41, 5.74) is 9.32. The van der Waals surface area contributed by atoms with Crippen LogP contribution in [0.3, 0.4) is 0 Å². The van der Waals surface area contributed by atoms with Gasteiger partial charge in [-0.1, -0.05) is 77.9 Å². The molecule has 0 heteroatoms. The van der Waals surface area contributed by atoms with Crippen LogP contribution in [-0.2, 0) is 6.42 Å². The molecule has 0 aliphatic heterocycles. The van der Waals surface area contributed by atoms with Gasteiger partial charge in [-0.05, 0) is 55.0 Å². The lowest BCUT2D eigenvalue weighted by atomic mass is 9.95. The number of benzene rings is 3. The van der Waals surface area contributed by atoms with E-state index in [2.05, 4.69) is 87.5 Å². The van der Waals surface area contributed by atoms with Gasteiger partial charge < -0.3 is 0 Å². The van der Waals surface area contributed by atoms with Crippen molar-refractivity contribution in [2.24, 2.45) is 0 Å². The van der Waals surface area contributed by atoms with Crippen molar-refractivity contribution < 1.29 is 0 Å². The first kappa shape index (κ1) is 14.6. The number of aryl methyl sites for hydroxylation is 3. The van der Waals surface area contributed by atoms with Gasteiger partial charge in [-0.25, -0.2) is 0 Å². The lowest BCUT2D eigenvalue weighted by Crippen LogP contribution is -1.91. The van der Waals surface area contributed by atoms with Crippen LogP contribution in [0.25, 0.3) is 11.1 Å². The van der Waals surface area contributed by atoms with E-state index in [1.807, 2.05) is 0 Å². The first-order valence-corrected chi connectivity index (χ1v) is 7.84. The van der Waals surface area contributed by atoms with E-state index in [1.54, 1.807) is 0 Å². The minimum Gasteiger partial charge on any atom is -0.0590 e. The SMILES string of the molecule is Cc1ccc(Cc2ccc(-c3ccc(C)cc3)c(C)c2)cc1. The third-order valence-corrected chi connectivity index (χ3v) is 4.18. The second-order valence-electron chi connectivity index (χ2n) is 6.18. The predicted octanol–water partition coefficient (Wildman–Crippen LogP) is 5.87. The van der Waals surface area contributed by atoms with Crippen LogP contribution in [0.5, 0.6) is 0 Å². The highest BCUT2D eigenvalue weighted by Gasteiger charge is 2.04. The smallest absolute Gasteiger partial charge is 0.00257 e. The van der Waals surface area contributed by atoms with E-state index >= 15 is 0 Å². The van der Waals surface area contributed by atoms with Crippen LogP contribution in [0, 0.1) is 20.8 Å². The Morgan fingerprint density at radius 3 is 1.73 bits per heavy atom. The normalized spacial score (nSPS) is 10.7. The van der Waals surface area contributed by atoms with Gasteiger partial charge in [-0.3, -0.25) is 0 Å². The second kappa shape index (κ2) is 6.19. The Balaban J connectivity index is 1.85. The zero-order valence-electron chi connectivity index (χ0n) is 13.6. The Kier molecular flexibility index (Phi) is 4.11. The molecule has 0 unspecified atom stereocenters. The van der Waals surface area contributed by atoms with Crippen molar-refractivity contribution >= 4 is 0 Å². The minimum atomic E-state index is 0.995. The van der Waals surface area contributed by atoms with E-state index in [9.17, 15) is 0 Å². The molecule has 0 atom stereocenters. The van der Waals surface area contributed by atoms with Crippen molar-refractivity contribution in [3.63, 3.8) is 0 Å². The molecule has 0 saturated heterocycles. The third kappa shape index (κ3) is 3.28. The maximum Gasteiger partial charge on any atom is -0.00257 e. The van der Waals surface area contributed by atoms with Crippen LogP contribution in [0.2, 0.25) is 0 Å². The predicted molar refractivity (Wildman–Crippen MR) is 95.3 cm³/mol. The number of rotatable bonds is 3. The van der Waals surface area contributed by atoms with Crippen molar-refractivity contribution in [1.29, 1.82) is 0 Å². The standard InChI is InChI=1S/C22H22/c1-16-4-8-19(9-5-16)15-20-10-13-22(18(3)14-20)21-11-6-17(2)7-12-21/h4-14H,15H2,1-3H3. The van der Waals surface area contributed by atoms with Crippen molar-refractivity contribution in [2.45, 2.75) is 27.2 Å². The van der Waals surface area contributed by atoms with Gasteiger partial charge in [0.25, 0.3) is 0 Å². The summed E-state index contributed by atoms with van der Waals surface area (Å²) in [6.07, 6.45) is 0.995. The molecule has 0 heterocycles. The Hall–Kier alpha value is -2.34. The van der Waals surface area contributed by atoms with Gasteiger partial charge in [-0.2, -0.15) is 0 Å². The molecule has 0 aliphatic carbocycles. The maximum absolute atomic E-state index is 2.31. The van der Waals surface area contributed by atoms with Gasteiger partial charge in [0.05, 0.1) is 0 Å². The molecule has 0 fully saturated rings. The van der Waals surface area contributed by atoms with Gasteiger partial charge >= 0.3 is 0 Å². The molecular formula is C22H22. The van der Waals surface area contributed by atoms with Crippen molar-refractivity contribution in [2.75, 3.05) is 0 Å². The first-order chi connectivity index (χ1) is 10.6. The van der Waals surface area contributed by atoms with E-state index in [4.69, 9.17) is 0 Å². The second-order valence-corrected chi connectivity index (χ2v) is 6.18. The van der Waals surface area contributed by atoms with E-state index < -0.39 is 0 Å². The molecule has 110 valence electrons.